The number of aromatic nitrogens is 2. The third-order valence-corrected chi connectivity index (χ3v) is 2.34. The van der Waals surface area contributed by atoms with E-state index in [4.69, 9.17) is 5.84 Å². The Balaban J connectivity index is 2.45. The Bertz CT molecular complexity index is 688. The van der Waals surface area contributed by atoms with Crippen LogP contribution in [0.4, 0.5) is 36.3 Å². The highest BCUT2D eigenvalue weighted by atomic mass is 19.2. The lowest BCUT2D eigenvalue weighted by molar-refractivity contribution is -0.384. The molecule has 1 aromatic carbocycles. The van der Waals surface area contributed by atoms with Gasteiger partial charge in [-0.3, -0.25) is 15.5 Å². The van der Waals surface area contributed by atoms with E-state index >= 15 is 0 Å². The molecule has 0 fully saturated rings. The van der Waals surface area contributed by atoms with Gasteiger partial charge in [-0.05, 0) is 0 Å². The molecule has 0 atom stereocenters. The Hall–Kier alpha value is -2.95. The molecule has 0 spiro atoms. The van der Waals surface area contributed by atoms with E-state index in [1.807, 2.05) is 0 Å². The van der Waals surface area contributed by atoms with Crippen LogP contribution in [0, 0.1) is 27.6 Å². The van der Waals surface area contributed by atoms with Crippen molar-refractivity contribution < 1.29 is 18.1 Å². The van der Waals surface area contributed by atoms with Crippen LogP contribution < -0.4 is 16.6 Å². The summed E-state index contributed by atoms with van der Waals surface area (Å²) >= 11 is 0. The van der Waals surface area contributed by atoms with E-state index in [0.29, 0.717) is 12.1 Å². The van der Waals surface area contributed by atoms with E-state index in [-0.39, 0.29) is 17.5 Å². The zero-order valence-electron chi connectivity index (χ0n) is 10.1. The summed E-state index contributed by atoms with van der Waals surface area (Å²) in [6.07, 6.45) is 0.848. The van der Waals surface area contributed by atoms with E-state index in [1.165, 1.54) is 0 Å². The van der Waals surface area contributed by atoms with Crippen molar-refractivity contribution in [1.82, 2.24) is 9.97 Å². The summed E-state index contributed by atoms with van der Waals surface area (Å²) in [4.78, 5) is 17.2. The fourth-order valence-corrected chi connectivity index (χ4v) is 1.44. The zero-order chi connectivity index (χ0) is 15.6. The lowest BCUT2D eigenvalue weighted by Gasteiger charge is -2.08. The van der Waals surface area contributed by atoms with Gasteiger partial charge in [-0.1, -0.05) is 0 Å². The Morgan fingerprint density at radius 1 is 1.24 bits per heavy atom. The number of nitro groups is 1. The maximum absolute atomic E-state index is 13.1. The van der Waals surface area contributed by atoms with Crippen molar-refractivity contribution in [2.45, 2.75) is 0 Å². The van der Waals surface area contributed by atoms with E-state index < -0.39 is 28.1 Å². The molecule has 0 aliphatic rings. The molecule has 8 nitrogen and oxygen atoms in total. The van der Waals surface area contributed by atoms with Crippen molar-refractivity contribution in [3.63, 3.8) is 0 Å². The molecule has 1 heterocycles. The Morgan fingerprint density at radius 3 is 2.38 bits per heavy atom. The molecule has 0 radical (unpaired) electrons. The molecule has 0 bridgehead atoms. The van der Waals surface area contributed by atoms with Crippen LogP contribution >= 0.6 is 0 Å². The standard InChI is InChI=1S/C10H7F3N6O2/c11-5-1-4(2-6(12)8(5)13)16-9-7(19(20)21)3-15-10(17-9)18-14/h1-3H,14H2,(H2,15,16,17,18). The predicted octanol–water partition coefficient (Wildman–Crippen LogP) is 1.83. The van der Waals surface area contributed by atoms with Crippen LogP contribution in [0.1, 0.15) is 0 Å². The first-order valence-corrected chi connectivity index (χ1v) is 5.32. The molecular weight excluding hydrogens is 293 g/mol. The second-order valence-electron chi connectivity index (χ2n) is 3.71. The third-order valence-electron chi connectivity index (χ3n) is 2.34. The summed E-state index contributed by atoms with van der Waals surface area (Å²) < 4.78 is 39.0. The molecule has 110 valence electrons. The predicted molar refractivity (Wildman–Crippen MR) is 66.1 cm³/mol. The summed E-state index contributed by atoms with van der Waals surface area (Å²) in [5.41, 5.74) is 1.23. The normalized spacial score (nSPS) is 10.3. The number of hydrogen-bond acceptors (Lipinski definition) is 7. The fourth-order valence-electron chi connectivity index (χ4n) is 1.44. The molecule has 0 aliphatic carbocycles. The first-order valence-electron chi connectivity index (χ1n) is 5.32. The first-order chi connectivity index (χ1) is 9.92. The van der Waals surface area contributed by atoms with Crippen molar-refractivity contribution in [3.05, 3.63) is 45.9 Å². The van der Waals surface area contributed by atoms with Gasteiger partial charge in [-0.2, -0.15) is 4.98 Å². The topological polar surface area (TPSA) is 119 Å². The van der Waals surface area contributed by atoms with Crippen LogP contribution in [0.25, 0.3) is 0 Å². The Kier molecular flexibility index (Phi) is 3.84. The zero-order valence-corrected chi connectivity index (χ0v) is 10.1. The van der Waals surface area contributed by atoms with Crippen LogP contribution in [0.2, 0.25) is 0 Å². The number of halogens is 3. The highest BCUT2D eigenvalue weighted by molar-refractivity contribution is 5.66. The highest BCUT2D eigenvalue weighted by Crippen LogP contribution is 2.27. The number of hydrazine groups is 1. The Morgan fingerprint density at radius 2 is 1.86 bits per heavy atom. The van der Waals surface area contributed by atoms with Crippen LogP contribution in [0.15, 0.2) is 18.3 Å². The van der Waals surface area contributed by atoms with Crippen molar-refractivity contribution in [1.29, 1.82) is 0 Å². The fraction of sp³-hybridized carbons (Fsp3) is 0. The van der Waals surface area contributed by atoms with Gasteiger partial charge in [0.05, 0.1) is 4.92 Å². The SMILES string of the molecule is NNc1ncc([N+](=O)[O-])c(Nc2cc(F)c(F)c(F)c2)n1. The summed E-state index contributed by atoms with van der Waals surface area (Å²) in [5.74, 6) is -0.0198. The lowest BCUT2D eigenvalue weighted by Crippen LogP contribution is -2.12. The quantitative estimate of drug-likeness (QED) is 0.341. The van der Waals surface area contributed by atoms with Crippen molar-refractivity contribution >= 4 is 23.1 Å². The number of nitrogens with one attached hydrogen (secondary N) is 2. The molecule has 11 heteroatoms. The molecule has 0 unspecified atom stereocenters. The molecule has 1 aromatic heterocycles. The average molecular weight is 300 g/mol. The van der Waals surface area contributed by atoms with Crippen molar-refractivity contribution in [2.75, 3.05) is 10.7 Å². The summed E-state index contributed by atoms with van der Waals surface area (Å²) in [6, 6.07) is 1.25. The van der Waals surface area contributed by atoms with Crippen molar-refractivity contribution in [3.8, 4) is 0 Å². The van der Waals surface area contributed by atoms with Crippen LogP contribution in [-0.2, 0) is 0 Å². The molecule has 21 heavy (non-hydrogen) atoms. The highest BCUT2D eigenvalue weighted by Gasteiger charge is 2.19. The maximum Gasteiger partial charge on any atom is 0.329 e. The summed E-state index contributed by atoms with van der Waals surface area (Å²) in [6.45, 7) is 0. The molecule has 0 aliphatic heterocycles. The van der Waals surface area contributed by atoms with E-state index in [9.17, 15) is 23.3 Å². The van der Waals surface area contributed by atoms with Gasteiger partial charge in [0.25, 0.3) is 0 Å². The van der Waals surface area contributed by atoms with E-state index in [1.54, 1.807) is 0 Å². The van der Waals surface area contributed by atoms with Crippen molar-refractivity contribution in [2.24, 2.45) is 5.84 Å². The summed E-state index contributed by atoms with van der Waals surface area (Å²) in [7, 11) is 0. The number of benzene rings is 1. The van der Waals surface area contributed by atoms with Crippen LogP contribution in [0.5, 0.6) is 0 Å². The van der Waals surface area contributed by atoms with Gasteiger partial charge in [-0.25, -0.2) is 24.0 Å². The number of nitrogens with zero attached hydrogens (tertiary/aromatic N) is 3. The molecule has 2 rings (SSSR count). The molecule has 0 saturated carbocycles. The molecule has 0 saturated heterocycles. The van der Waals surface area contributed by atoms with Gasteiger partial charge in [0.1, 0.15) is 6.20 Å². The van der Waals surface area contributed by atoms with Gasteiger partial charge in [-0.15, -0.1) is 0 Å². The molecule has 0 amide bonds. The second-order valence-corrected chi connectivity index (χ2v) is 3.71. The molecule has 4 N–H and O–H groups in total. The number of nitrogens with two attached hydrogens (primary N) is 1. The van der Waals surface area contributed by atoms with Gasteiger partial charge in [0.2, 0.25) is 11.8 Å². The number of rotatable bonds is 4. The van der Waals surface area contributed by atoms with E-state index in [0.717, 1.165) is 6.20 Å². The van der Waals surface area contributed by atoms with E-state index in [2.05, 4.69) is 20.7 Å². The monoisotopic (exact) mass is 300 g/mol. The minimum atomic E-state index is -1.65. The van der Waals surface area contributed by atoms with Gasteiger partial charge < -0.3 is 5.32 Å². The number of hydrogen-bond donors (Lipinski definition) is 3. The third kappa shape index (κ3) is 2.97. The molecular formula is C10H7F3N6O2. The molecule has 2 aromatic rings. The maximum atomic E-state index is 13.1. The largest absolute Gasteiger partial charge is 0.334 e. The summed E-state index contributed by atoms with van der Waals surface area (Å²) in [5, 5.41) is 13.1. The lowest BCUT2D eigenvalue weighted by atomic mass is 10.3. The van der Waals surface area contributed by atoms with Crippen LogP contribution in [0.3, 0.4) is 0 Å². The van der Waals surface area contributed by atoms with Gasteiger partial charge >= 0.3 is 5.69 Å². The van der Waals surface area contributed by atoms with Gasteiger partial charge in [0.15, 0.2) is 17.5 Å². The number of anilines is 3. The minimum Gasteiger partial charge on any atom is -0.334 e. The average Bonchev–Trinajstić information content (AvgIpc) is 2.44. The first kappa shape index (κ1) is 14.5. The smallest absolute Gasteiger partial charge is 0.329 e. The van der Waals surface area contributed by atoms with Gasteiger partial charge in [0, 0.05) is 17.8 Å². The minimum absolute atomic E-state index is 0.161. The second kappa shape index (κ2) is 5.58. The number of nitrogen functional groups attached to an aromatic ring is 1. The van der Waals surface area contributed by atoms with Crippen LogP contribution in [-0.4, -0.2) is 14.9 Å². The Labute approximate surface area is 114 Å².